The summed E-state index contributed by atoms with van der Waals surface area (Å²) in [6, 6.07) is 14.2. The largest absolute Gasteiger partial charge is 0.497 e. The number of allylic oxidation sites excluding steroid dienone is 1. The van der Waals surface area contributed by atoms with E-state index in [0.29, 0.717) is 37.7 Å². The summed E-state index contributed by atoms with van der Waals surface area (Å²) in [5.41, 5.74) is 2.12. The van der Waals surface area contributed by atoms with Gasteiger partial charge in [-0.15, -0.1) is 0 Å². The van der Waals surface area contributed by atoms with Crippen molar-refractivity contribution in [1.29, 1.82) is 0 Å². The molecule has 0 saturated carbocycles. The van der Waals surface area contributed by atoms with E-state index < -0.39 is 12.0 Å². The smallest absolute Gasteiger partial charge is 0.338 e. The Balaban J connectivity index is 2.00. The summed E-state index contributed by atoms with van der Waals surface area (Å²) in [5.74, 6) is 0.581. The molecule has 0 spiro atoms. The number of benzene rings is 2. The highest BCUT2D eigenvalue weighted by Gasteiger charge is 2.35. The zero-order valence-corrected chi connectivity index (χ0v) is 19.6. The Morgan fingerprint density at radius 3 is 2.58 bits per heavy atom. The number of esters is 1. The van der Waals surface area contributed by atoms with Gasteiger partial charge in [-0.05, 0) is 37.6 Å². The second-order valence-electron chi connectivity index (χ2n) is 7.32. The highest BCUT2D eigenvalue weighted by Crippen LogP contribution is 2.37. The quantitative estimate of drug-likeness (QED) is 0.524. The molecule has 8 heteroatoms. The van der Waals surface area contributed by atoms with E-state index in [0.717, 1.165) is 5.56 Å². The third-order valence-corrected chi connectivity index (χ3v) is 6.33. The molecule has 1 aliphatic rings. The molecule has 3 aromatic rings. The standard InChI is InChI=1S/C25H24N2O5S/c1-5-32-24(29)21-15(2)26-25-27(22(21)18-12-11-17(30-3)14-19(18)31-4)23(28)20(33-25)13-16-9-7-6-8-10-16/h6-14,22H,5H2,1-4H3/b20-13-. The summed E-state index contributed by atoms with van der Waals surface area (Å²) in [6.45, 7) is 3.70. The molecular weight excluding hydrogens is 440 g/mol. The molecule has 2 heterocycles. The fraction of sp³-hybridized carbons (Fsp3) is 0.240. The lowest BCUT2D eigenvalue weighted by atomic mass is 9.95. The van der Waals surface area contributed by atoms with E-state index in [2.05, 4.69) is 4.99 Å². The zero-order valence-electron chi connectivity index (χ0n) is 18.8. The van der Waals surface area contributed by atoms with Gasteiger partial charge in [-0.2, -0.15) is 0 Å². The average Bonchev–Trinajstić information content (AvgIpc) is 3.12. The fourth-order valence-corrected chi connectivity index (χ4v) is 4.88. The molecule has 1 unspecified atom stereocenters. The minimum atomic E-state index is -0.751. The van der Waals surface area contributed by atoms with E-state index in [-0.39, 0.29) is 12.2 Å². The number of carbonyl (C=O) groups is 1. The molecule has 7 nitrogen and oxygen atoms in total. The number of rotatable bonds is 6. The van der Waals surface area contributed by atoms with Crippen LogP contribution in [-0.4, -0.2) is 31.4 Å². The second kappa shape index (κ2) is 9.46. The van der Waals surface area contributed by atoms with Crippen LogP contribution in [0.3, 0.4) is 0 Å². The summed E-state index contributed by atoms with van der Waals surface area (Å²) in [6.07, 6.45) is 1.83. The average molecular weight is 465 g/mol. The van der Waals surface area contributed by atoms with Crippen molar-refractivity contribution in [2.45, 2.75) is 19.9 Å². The molecular formula is C25H24N2O5S. The molecule has 0 N–H and O–H groups in total. The maximum Gasteiger partial charge on any atom is 0.338 e. The van der Waals surface area contributed by atoms with E-state index in [4.69, 9.17) is 14.2 Å². The van der Waals surface area contributed by atoms with Gasteiger partial charge in [-0.1, -0.05) is 41.7 Å². The van der Waals surface area contributed by atoms with Crippen LogP contribution >= 0.6 is 11.3 Å². The first-order valence-corrected chi connectivity index (χ1v) is 11.3. The van der Waals surface area contributed by atoms with Crippen LogP contribution < -0.4 is 24.4 Å². The van der Waals surface area contributed by atoms with Gasteiger partial charge in [0.25, 0.3) is 5.56 Å². The van der Waals surface area contributed by atoms with E-state index in [1.807, 2.05) is 36.4 Å². The van der Waals surface area contributed by atoms with Crippen LogP contribution in [0.1, 0.15) is 31.0 Å². The highest BCUT2D eigenvalue weighted by molar-refractivity contribution is 7.07. The molecule has 2 aromatic carbocycles. The summed E-state index contributed by atoms with van der Waals surface area (Å²) in [4.78, 5) is 31.7. The first-order valence-electron chi connectivity index (χ1n) is 10.4. The SMILES string of the molecule is CCOC(=O)C1=C(C)N=c2s/c(=C\c3ccccc3)c(=O)n2C1c1ccc(OC)cc1OC. The number of hydrogen-bond donors (Lipinski definition) is 0. The predicted molar refractivity (Wildman–Crippen MR) is 126 cm³/mol. The van der Waals surface area contributed by atoms with Gasteiger partial charge in [0.1, 0.15) is 17.5 Å². The van der Waals surface area contributed by atoms with E-state index >= 15 is 0 Å². The monoisotopic (exact) mass is 464 g/mol. The zero-order chi connectivity index (χ0) is 23.5. The van der Waals surface area contributed by atoms with Gasteiger partial charge in [0, 0.05) is 11.6 Å². The van der Waals surface area contributed by atoms with Crippen molar-refractivity contribution < 1.29 is 19.0 Å². The lowest BCUT2D eigenvalue weighted by molar-refractivity contribution is -0.139. The van der Waals surface area contributed by atoms with Gasteiger partial charge in [0.2, 0.25) is 0 Å². The number of aromatic nitrogens is 1. The number of hydrogen-bond acceptors (Lipinski definition) is 7. The number of fused-ring (bicyclic) bond motifs is 1. The van der Waals surface area contributed by atoms with Gasteiger partial charge < -0.3 is 14.2 Å². The lowest BCUT2D eigenvalue weighted by Crippen LogP contribution is -2.40. The van der Waals surface area contributed by atoms with E-state index in [1.165, 1.54) is 18.4 Å². The van der Waals surface area contributed by atoms with Crippen molar-refractivity contribution in [2.24, 2.45) is 4.99 Å². The predicted octanol–water partition coefficient (Wildman–Crippen LogP) is 2.82. The van der Waals surface area contributed by atoms with Crippen LogP contribution in [0.15, 0.2) is 69.6 Å². The van der Waals surface area contributed by atoms with Crippen molar-refractivity contribution in [3.8, 4) is 11.5 Å². The molecule has 4 rings (SSSR count). The van der Waals surface area contributed by atoms with Gasteiger partial charge in [0.05, 0.1) is 36.6 Å². The van der Waals surface area contributed by atoms with Crippen molar-refractivity contribution in [3.05, 3.63) is 90.6 Å². The Kier molecular flexibility index (Phi) is 6.46. The summed E-state index contributed by atoms with van der Waals surface area (Å²) in [7, 11) is 3.10. The lowest BCUT2D eigenvalue weighted by Gasteiger charge is -2.26. The minimum absolute atomic E-state index is 0.209. The van der Waals surface area contributed by atoms with Crippen molar-refractivity contribution in [3.63, 3.8) is 0 Å². The van der Waals surface area contributed by atoms with Crippen LogP contribution in [0.2, 0.25) is 0 Å². The van der Waals surface area contributed by atoms with Crippen molar-refractivity contribution >= 4 is 23.4 Å². The molecule has 170 valence electrons. The van der Waals surface area contributed by atoms with Crippen LogP contribution in [0.25, 0.3) is 6.08 Å². The Hall–Kier alpha value is -3.65. The van der Waals surface area contributed by atoms with Gasteiger partial charge in [-0.3, -0.25) is 9.36 Å². The van der Waals surface area contributed by atoms with Crippen LogP contribution in [0.4, 0.5) is 0 Å². The number of nitrogens with zero attached hydrogens (tertiary/aromatic N) is 2. The minimum Gasteiger partial charge on any atom is -0.497 e. The van der Waals surface area contributed by atoms with Crippen LogP contribution in [0, 0.1) is 0 Å². The maximum absolute atomic E-state index is 13.6. The molecule has 1 atom stereocenters. The summed E-state index contributed by atoms with van der Waals surface area (Å²) < 4.78 is 18.3. The van der Waals surface area contributed by atoms with Gasteiger partial charge in [0.15, 0.2) is 4.80 Å². The van der Waals surface area contributed by atoms with Crippen molar-refractivity contribution in [2.75, 3.05) is 20.8 Å². The molecule has 1 aromatic heterocycles. The molecule has 0 bridgehead atoms. The molecule has 0 amide bonds. The molecule has 1 aliphatic heterocycles. The highest BCUT2D eigenvalue weighted by atomic mass is 32.1. The van der Waals surface area contributed by atoms with Crippen molar-refractivity contribution in [1.82, 2.24) is 4.57 Å². The fourth-order valence-electron chi connectivity index (χ4n) is 3.83. The van der Waals surface area contributed by atoms with Gasteiger partial charge >= 0.3 is 5.97 Å². The van der Waals surface area contributed by atoms with Crippen LogP contribution in [-0.2, 0) is 9.53 Å². The van der Waals surface area contributed by atoms with E-state index in [9.17, 15) is 9.59 Å². The van der Waals surface area contributed by atoms with E-state index in [1.54, 1.807) is 43.7 Å². The molecule has 0 saturated heterocycles. The molecule has 0 radical (unpaired) electrons. The first kappa shape index (κ1) is 22.5. The number of ether oxygens (including phenoxy) is 3. The number of methoxy groups -OCH3 is 2. The van der Waals surface area contributed by atoms with Gasteiger partial charge in [-0.25, -0.2) is 9.79 Å². The third-order valence-electron chi connectivity index (χ3n) is 5.35. The maximum atomic E-state index is 13.6. The Bertz CT molecular complexity index is 1400. The molecule has 0 fully saturated rings. The normalized spacial score (nSPS) is 15.6. The molecule has 0 aliphatic carbocycles. The Morgan fingerprint density at radius 2 is 1.91 bits per heavy atom. The van der Waals surface area contributed by atoms with Crippen LogP contribution in [0.5, 0.6) is 11.5 Å². The molecule has 33 heavy (non-hydrogen) atoms. The topological polar surface area (TPSA) is 79.1 Å². The summed E-state index contributed by atoms with van der Waals surface area (Å²) in [5, 5.41) is 0. The summed E-state index contributed by atoms with van der Waals surface area (Å²) >= 11 is 1.28. The first-order chi connectivity index (χ1) is 16.0. The number of carbonyl (C=O) groups excluding carboxylic acids is 1. The second-order valence-corrected chi connectivity index (χ2v) is 8.33. The third kappa shape index (κ3) is 4.21. The Morgan fingerprint density at radius 1 is 1.15 bits per heavy atom. The Labute approximate surface area is 194 Å². The number of thiazole rings is 1.